The van der Waals surface area contributed by atoms with Gasteiger partial charge < -0.3 is 5.73 Å². The van der Waals surface area contributed by atoms with E-state index in [1.54, 1.807) is 0 Å². The third-order valence-electron chi connectivity index (χ3n) is 4.15. The van der Waals surface area contributed by atoms with Crippen molar-refractivity contribution in [1.82, 2.24) is 9.55 Å². The highest BCUT2D eigenvalue weighted by Crippen LogP contribution is 2.35. The fraction of sp³-hybridized carbons (Fsp3) is 0.278. The van der Waals surface area contributed by atoms with Crippen LogP contribution in [0.2, 0.25) is 0 Å². The summed E-state index contributed by atoms with van der Waals surface area (Å²) in [7, 11) is 0. The molecule has 0 saturated heterocycles. The highest BCUT2D eigenvalue weighted by Gasteiger charge is 2.18. The molecule has 0 fully saturated rings. The van der Waals surface area contributed by atoms with Gasteiger partial charge in [-0.05, 0) is 25.8 Å². The van der Waals surface area contributed by atoms with Gasteiger partial charge in [0, 0.05) is 23.4 Å². The molecule has 0 saturated carbocycles. The van der Waals surface area contributed by atoms with E-state index >= 15 is 0 Å². The fourth-order valence-corrected chi connectivity index (χ4v) is 3.97. The van der Waals surface area contributed by atoms with Gasteiger partial charge in [-0.2, -0.15) is 0 Å². The average molecular weight is 357 g/mol. The Kier molecular flexibility index (Phi) is 4.59. The Labute approximate surface area is 147 Å². The number of hydrogen-bond donors (Lipinski definition) is 2. The standard InChI is InChI=1S/C18H19N3O3S/c1-10-5-7-12(8-6-10)14-11(2)25-16-15(14)17(23)21(18(24)20-16)9-3-4-13(19)22/h5-8H,3-4,9H2,1-2H3,(H2,19,22)(H,20,24). The Morgan fingerprint density at radius 2 is 1.88 bits per heavy atom. The molecule has 0 radical (unpaired) electrons. The van der Waals surface area contributed by atoms with Gasteiger partial charge in [-0.15, -0.1) is 11.3 Å². The van der Waals surface area contributed by atoms with E-state index in [9.17, 15) is 14.4 Å². The van der Waals surface area contributed by atoms with E-state index in [1.807, 2.05) is 38.1 Å². The first-order valence-corrected chi connectivity index (χ1v) is 8.81. The third-order valence-corrected chi connectivity index (χ3v) is 5.17. The molecule has 0 bridgehead atoms. The number of hydrogen-bond acceptors (Lipinski definition) is 4. The zero-order valence-electron chi connectivity index (χ0n) is 14.1. The molecular weight excluding hydrogens is 338 g/mol. The van der Waals surface area contributed by atoms with Crippen LogP contribution >= 0.6 is 11.3 Å². The second kappa shape index (κ2) is 6.68. The summed E-state index contributed by atoms with van der Waals surface area (Å²) >= 11 is 1.40. The van der Waals surface area contributed by atoms with Crippen LogP contribution in [0.15, 0.2) is 33.9 Å². The number of nitrogens with one attached hydrogen (secondary N) is 1. The average Bonchev–Trinajstić information content (AvgIpc) is 2.87. The van der Waals surface area contributed by atoms with Gasteiger partial charge in [0.05, 0.1) is 5.39 Å². The first-order chi connectivity index (χ1) is 11.9. The second-order valence-electron chi connectivity index (χ2n) is 6.06. The van der Waals surface area contributed by atoms with Crippen molar-refractivity contribution in [2.45, 2.75) is 33.2 Å². The molecule has 3 aromatic rings. The van der Waals surface area contributed by atoms with E-state index in [0.717, 1.165) is 26.1 Å². The predicted octanol–water partition coefficient (Wildman–Crippen LogP) is 2.30. The summed E-state index contributed by atoms with van der Waals surface area (Å²) in [5, 5.41) is 0.519. The first kappa shape index (κ1) is 17.2. The van der Waals surface area contributed by atoms with E-state index in [-0.39, 0.29) is 18.5 Å². The molecule has 1 amide bonds. The molecule has 3 N–H and O–H groups in total. The van der Waals surface area contributed by atoms with Crippen LogP contribution < -0.4 is 17.0 Å². The number of carbonyl (C=O) groups excluding carboxylic acids is 1. The number of primary amides is 1. The van der Waals surface area contributed by atoms with Gasteiger partial charge in [0.2, 0.25) is 5.91 Å². The summed E-state index contributed by atoms with van der Waals surface area (Å²) in [6.07, 6.45) is 0.490. The zero-order valence-corrected chi connectivity index (χ0v) is 14.9. The largest absolute Gasteiger partial charge is 0.370 e. The maximum absolute atomic E-state index is 12.9. The quantitative estimate of drug-likeness (QED) is 0.733. The number of rotatable bonds is 5. The van der Waals surface area contributed by atoms with E-state index in [0.29, 0.717) is 16.6 Å². The van der Waals surface area contributed by atoms with Gasteiger partial charge in [0.15, 0.2) is 0 Å². The van der Waals surface area contributed by atoms with Crippen molar-refractivity contribution in [1.29, 1.82) is 0 Å². The number of thiophene rings is 1. The highest BCUT2D eigenvalue weighted by molar-refractivity contribution is 7.19. The molecule has 0 aliphatic carbocycles. The fourth-order valence-electron chi connectivity index (χ4n) is 2.91. The molecule has 2 aromatic heterocycles. The number of nitrogens with two attached hydrogens (primary N) is 1. The molecule has 0 spiro atoms. The highest BCUT2D eigenvalue weighted by atomic mass is 32.1. The van der Waals surface area contributed by atoms with Crippen molar-refractivity contribution in [3.05, 3.63) is 55.5 Å². The van der Waals surface area contributed by atoms with E-state index in [4.69, 9.17) is 5.73 Å². The summed E-state index contributed by atoms with van der Waals surface area (Å²) in [6.45, 7) is 4.11. The van der Waals surface area contributed by atoms with Crippen LogP contribution in [0.3, 0.4) is 0 Å². The summed E-state index contributed by atoms with van der Waals surface area (Å²) in [5.41, 5.74) is 7.27. The van der Waals surface area contributed by atoms with Crippen LogP contribution in [-0.4, -0.2) is 15.5 Å². The monoisotopic (exact) mass is 357 g/mol. The lowest BCUT2D eigenvalue weighted by molar-refractivity contribution is -0.118. The molecule has 7 heteroatoms. The minimum atomic E-state index is -0.460. The smallest absolute Gasteiger partial charge is 0.329 e. The third kappa shape index (κ3) is 3.28. The molecule has 0 atom stereocenters. The van der Waals surface area contributed by atoms with E-state index in [1.165, 1.54) is 11.3 Å². The molecule has 0 aliphatic rings. The molecule has 6 nitrogen and oxygen atoms in total. The van der Waals surface area contributed by atoms with Crippen LogP contribution in [-0.2, 0) is 11.3 Å². The lowest BCUT2D eigenvalue weighted by Gasteiger charge is -2.06. The first-order valence-electron chi connectivity index (χ1n) is 8.00. The number of amides is 1. The van der Waals surface area contributed by atoms with Crippen LogP contribution in [0, 0.1) is 13.8 Å². The van der Waals surface area contributed by atoms with Gasteiger partial charge in [-0.1, -0.05) is 29.8 Å². The maximum atomic E-state index is 12.9. The Balaban J connectivity index is 2.17. The van der Waals surface area contributed by atoms with Gasteiger partial charge in [0.1, 0.15) is 4.83 Å². The number of benzene rings is 1. The van der Waals surface area contributed by atoms with Crippen LogP contribution in [0.4, 0.5) is 0 Å². The Hall–Kier alpha value is -2.67. The summed E-state index contributed by atoms with van der Waals surface area (Å²) in [6, 6.07) is 7.95. The number of carbonyl (C=O) groups is 1. The Bertz CT molecular complexity index is 1060. The minimum Gasteiger partial charge on any atom is -0.370 e. The molecule has 0 unspecified atom stereocenters. The number of H-pyrrole nitrogens is 1. The zero-order chi connectivity index (χ0) is 18.1. The van der Waals surface area contributed by atoms with E-state index < -0.39 is 11.6 Å². The Morgan fingerprint density at radius 1 is 1.20 bits per heavy atom. The molecule has 1 aromatic carbocycles. The lowest BCUT2D eigenvalue weighted by atomic mass is 10.0. The number of fused-ring (bicyclic) bond motifs is 1. The van der Waals surface area contributed by atoms with E-state index in [2.05, 4.69) is 4.98 Å². The molecule has 3 rings (SSSR count). The normalized spacial score (nSPS) is 11.1. The van der Waals surface area contributed by atoms with Gasteiger partial charge in [0.25, 0.3) is 5.56 Å². The second-order valence-corrected chi connectivity index (χ2v) is 7.28. The molecule has 130 valence electrons. The number of nitrogens with zero attached hydrogens (tertiary/aromatic N) is 1. The van der Waals surface area contributed by atoms with Crippen molar-refractivity contribution in [3.8, 4) is 11.1 Å². The summed E-state index contributed by atoms with van der Waals surface area (Å²) in [4.78, 5) is 40.4. The lowest BCUT2D eigenvalue weighted by Crippen LogP contribution is -2.35. The van der Waals surface area contributed by atoms with Crippen molar-refractivity contribution in [3.63, 3.8) is 0 Å². The number of aromatic nitrogens is 2. The van der Waals surface area contributed by atoms with Crippen LogP contribution in [0.5, 0.6) is 0 Å². The predicted molar refractivity (Wildman–Crippen MR) is 100 cm³/mol. The van der Waals surface area contributed by atoms with Crippen molar-refractivity contribution in [2.75, 3.05) is 0 Å². The Morgan fingerprint density at radius 3 is 2.52 bits per heavy atom. The van der Waals surface area contributed by atoms with Crippen LogP contribution in [0.1, 0.15) is 23.3 Å². The maximum Gasteiger partial charge on any atom is 0.329 e. The number of aromatic amines is 1. The topological polar surface area (TPSA) is 97.9 Å². The van der Waals surface area contributed by atoms with Crippen molar-refractivity contribution in [2.24, 2.45) is 5.73 Å². The van der Waals surface area contributed by atoms with Crippen LogP contribution in [0.25, 0.3) is 21.3 Å². The molecule has 0 aliphatic heterocycles. The SMILES string of the molecule is Cc1ccc(-c2c(C)sc3[nH]c(=O)n(CCCC(N)=O)c(=O)c23)cc1. The van der Waals surface area contributed by atoms with Crippen molar-refractivity contribution >= 4 is 27.5 Å². The summed E-state index contributed by atoms with van der Waals surface area (Å²) in [5.74, 6) is -0.447. The minimum absolute atomic E-state index is 0.136. The molecule has 2 heterocycles. The molecular formula is C18H19N3O3S. The van der Waals surface area contributed by atoms with Gasteiger partial charge in [-0.25, -0.2) is 4.79 Å². The number of aryl methyl sites for hydroxylation is 2. The summed E-state index contributed by atoms with van der Waals surface area (Å²) < 4.78 is 1.15. The molecule has 25 heavy (non-hydrogen) atoms. The van der Waals surface area contributed by atoms with Crippen molar-refractivity contribution < 1.29 is 4.79 Å². The van der Waals surface area contributed by atoms with Gasteiger partial charge >= 0.3 is 5.69 Å². The van der Waals surface area contributed by atoms with Gasteiger partial charge in [-0.3, -0.25) is 19.1 Å².